The molecule has 0 unspecified atom stereocenters. The van der Waals surface area contributed by atoms with E-state index in [0.717, 1.165) is 16.7 Å². The summed E-state index contributed by atoms with van der Waals surface area (Å²) in [5, 5.41) is 3.87. The number of esters is 1. The summed E-state index contributed by atoms with van der Waals surface area (Å²) in [4.78, 5) is 36.2. The van der Waals surface area contributed by atoms with Gasteiger partial charge in [0, 0.05) is 5.56 Å². The smallest absolute Gasteiger partial charge is 0.349 e. The second-order valence-corrected chi connectivity index (χ2v) is 6.38. The molecular weight excluding hydrogens is 354 g/mol. The summed E-state index contributed by atoms with van der Waals surface area (Å²) in [6.45, 7) is 1.42. The molecule has 2 heterocycles. The Morgan fingerprint density at radius 1 is 1.12 bits per heavy atom. The molecule has 26 heavy (non-hydrogen) atoms. The van der Waals surface area contributed by atoms with Crippen LogP contribution in [0, 0.1) is 6.92 Å². The lowest BCUT2D eigenvalue weighted by molar-refractivity contribution is -0.123. The summed E-state index contributed by atoms with van der Waals surface area (Å²) < 4.78 is 9.91. The van der Waals surface area contributed by atoms with Crippen molar-refractivity contribution in [1.82, 2.24) is 5.32 Å². The van der Waals surface area contributed by atoms with Crippen LogP contribution in [0.1, 0.15) is 25.8 Å². The van der Waals surface area contributed by atoms with E-state index in [1.54, 1.807) is 5.38 Å². The van der Waals surface area contributed by atoms with Crippen molar-refractivity contribution >= 4 is 29.1 Å². The van der Waals surface area contributed by atoms with Gasteiger partial charge in [-0.1, -0.05) is 29.8 Å². The lowest BCUT2D eigenvalue weighted by Crippen LogP contribution is -2.33. The number of hydrogen-bond acceptors (Lipinski definition) is 6. The highest BCUT2D eigenvalue weighted by molar-refractivity contribution is 7.12. The van der Waals surface area contributed by atoms with E-state index in [-0.39, 0.29) is 5.76 Å². The summed E-state index contributed by atoms with van der Waals surface area (Å²) >= 11 is 1.23. The van der Waals surface area contributed by atoms with Crippen LogP contribution in [0.3, 0.4) is 0 Å². The van der Waals surface area contributed by atoms with Crippen LogP contribution in [0.15, 0.2) is 58.5 Å². The topological polar surface area (TPSA) is 85.6 Å². The second kappa shape index (κ2) is 7.79. The van der Waals surface area contributed by atoms with Crippen molar-refractivity contribution in [2.75, 3.05) is 6.61 Å². The molecule has 0 saturated carbocycles. The second-order valence-electron chi connectivity index (χ2n) is 5.46. The van der Waals surface area contributed by atoms with Crippen LogP contribution < -0.4 is 5.32 Å². The fourth-order valence-electron chi connectivity index (χ4n) is 2.26. The number of carbonyl (C=O) groups is 3. The highest BCUT2D eigenvalue weighted by atomic mass is 32.1. The Hall–Kier alpha value is -3.19. The number of amides is 2. The molecular formula is C19H15NO5S. The molecule has 3 aromatic rings. The van der Waals surface area contributed by atoms with Crippen LogP contribution in [0.4, 0.5) is 0 Å². The van der Waals surface area contributed by atoms with Crippen molar-refractivity contribution in [3.05, 3.63) is 70.3 Å². The average molecular weight is 369 g/mol. The lowest BCUT2D eigenvalue weighted by Gasteiger charge is -2.06. The van der Waals surface area contributed by atoms with Gasteiger partial charge >= 0.3 is 5.97 Å². The van der Waals surface area contributed by atoms with E-state index in [2.05, 4.69) is 5.32 Å². The minimum atomic E-state index is -0.729. The van der Waals surface area contributed by atoms with Crippen molar-refractivity contribution < 1.29 is 23.5 Å². The van der Waals surface area contributed by atoms with E-state index >= 15 is 0 Å². The van der Waals surface area contributed by atoms with E-state index in [0.29, 0.717) is 4.88 Å². The van der Waals surface area contributed by atoms with Crippen LogP contribution >= 0.6 is 11.3 Å². The first-order chi connectivity index (χ1) is 12.5. The maximum atomic E-state index is 12.3. The minimum Gasteiger partial charge on any atom is -0.459 e. The molecule has 1 N–H and O–H groups in total. The molecule has 0 spiro atoms. The zero-order chi connectivity index (χ0) is 18.5. The van der Waals surface area contributed by atoms with Gasteiger partial charge in [-0.05, 0) is 36.1 Å². The van der Waals surface area contributed by atoms with Gasteiger partial charge in [-0.25, -0.2) is 4.79 Å². The number of aryl methyl sites for hydroxylation is 1. The maximum absolute atomic E-state index is 12.3. The third kappa shape index (κ3) is 4.07. The van der Waals surface area contributed by atoms with Gasteiger partial charge in [0.15, 0.2) is 12.4 Å². The first kappa shape index (κ1) is 17.6. The molecule has 0 radical (unpaired) electrons. The van der Waals surface area contributed by atoms with E-state index in [4.69, 9.17) is 9.15 Å². The van der Waals surface area contributed by atoms with Gasteiger partial charge < -0.3 is 9.15 Å². The number of hydrogen-bond donors (Lipinski definition) is 1. The number of rotatable bonds is 5. The monoisotopic (exact) mass is 369 g/mol. The zero-order valence-corrected chi connectivity index (χ0v) is 14.7. The SMILES string of the molecule is Cc1ccc(-c2ccsc2C(=O)OCC(=O)NC(=O)c2ccco2)cc1. The Labute approximate surface area is 153 Å². The summed E-state index contributed by atoms with van der Waals surface area (Å²) in [6, 6.07) is 12.5. The molecule has 0 aliphatic rings. The Balaban J connectivity index is 1.60. The molecule has 132 valence electrons. The maximum Gasteiger partial charge on any atom is 0.349 e. The molecule has 6 nitrogen and oxygen atoms in total. The molecule has 0 fully saturated rings. The van der Waals surface area contributed by atoms with Crippen molar-refractivity contribution in [1.29, 1.82) is 0 Å². The van der Waals surface area contributed by atoms with Crippen LogP contribution in [-0.4, -0.2) is 24.4 Å². The van der Waals surface area contributed by atoms with Gasteiger partial charge in [-0.2, -0.15) is 0 Å². The molecule has 1 aromatic carbocycles. The molecule has 0 bridgehead atoms. The van der Waals surface area contributed by atoms with Gasteiger partial charge in [-0.15, -0.1) is 11.3 Å². The molecule has 7 heteroatoms. The van der Waals surface area contributed by atoms with Crippen LogP contribution in [0.2, 0.25) is 0 Å². The number of nitrogens with one attached hydrogen (secondary N) is 1. The van der Waals surface area contributed by atoms with Gasteiger partial charge in [0.25, 0.3) is 11.8 Å². The first-order valence-corrected chi connectivity index (χ1v) is 8.62. The van der Waals surface area contributed by atoms with Gasteiger partial charge in [0.2, 0.25) is 0 Å². The summed E-state index contributed by atoms with van der Waals surface area (Å²) in [6.07, 6.45) is 1.32. The third-order valence-electron chi connectivity index (χ3n) is 3.55. The molecule has 0 saturated heterocycles. The van der Waals surface area contributed by atoms with E-state index in [1.165, 1.54) is 29.7 Å². The van der Waals surface area contributed by atoms with E-state index < -0.39 is 24.4 Å². The number of thiophene rings is 1. The Morgan fingerprint density at radius 2 is 1.88 bits per heavy atom. The number of imide groups is 1. The highest BCUT2D eigenvalue weighted by Crippen LogP contribution is 2.29. The minimum absolute atomic E-state index is 0.00425. The van der Waals surface area contributed by atoms with Crippen LogP contribution in [0.5, 0.6) is 0 Å². The molecule has 2 aromatic heterocycles. The quantitative estimate of drug-likeness (QED) is 0.697. The largest absolute Gasteiger partial charge is 0.459 e. The van der Waals surface area contributed by atoms with E-state index in [1.807, 2.05) is 37.3 Å². The van der Waals surface area contributed by atoms with Crippen LogP contribution in [0.25, 0.3) is 11.1 Å². The average Bonchev–Trinajstić information content (AvgIpc) is 3.32. The number of benzene rings is 1. The van der Waals surface area contributed by atoms with Gasteiger partial charge in [0.1, 0.15) is 4.88 Å². The highest BCUT2D eigenvalue weighted by Gasteiger charge is 2.19. The Morgan fingerprint density at radius 3 is 2.58 bits per heavy atom. The van der Waals surface area contributed by atoms with Crippen molar-refractivity contribution in [2.24, 2.45) is 0 Å². The van der Waals surface area contributed by atoms with Gasteiger partial charge in [0.05, 0.1) is 6.26 Å². The number of furan rings is 1. The molecule has 3 rings (SSSR count). The standard InChI is InChI=1S/C19H15NO5S/c1-12-4-6-13(7-5-12)14-8-10-26-17(14)19(23)25-11-16(21)20-18(22)15-3-2-9-24-15/h2-10H,11H2,1H3,(H,20,21,22). The Kier molecular flexibility index (Phi) is 5.28. The number of carbonyl (C=O) groups excluding carboxylic acids is 3. The molecule has 2 amide bonds. The van der Waals surface area contributed by atoms with Crippen molar-refractivity contribution in [2.45, 2.75) is 6.92 Å². The lowest BCUT2D eigenvalue weighted by atomic mass is 10.1. The molecule has 0 aliphatic carbocycles. The van der Waals surface area contributed by atoms with E-state index in [9.17, 15) is 14.4 Å². The summed E-state index contributed by atoms with van der Waals surface area (Å²) in [5.41, 5.74) is 2.75. The predicted molar refractivity (Wildman–Crippen MR) is 96.0 cm³/mol. The third-order valence-corrected chi connectivity index (χ3v) is 4.44. The Bertz CT molecular complexity index is 925. The first-order valence-electron chi connectivity index (χ1n) is 7.74. The molecule has 0 aliphatic heterocycles. The fraction of sp³-hybridized carbons (Fsp3) is 0.105. The summed E-state index contributed by atoms with van der Waals surface area (Å²) in [5.74, 6) is -2.03. The fourth-order valence-corrected chi connectivity index (χ4v) is 3.06. The van der Waals surface area contributed by atoms with Crippen molar-refractivity contribution in [3.63, 3.8) is 0 Å². The van der Waals surface area contributed by atoms with Gasteiger partial charge in [-0.3, -0.25) is 14.9 Å². The summed E-state index contributed by atoms with van der Waals surface area (Å²) in [7, 11) is 0. The number of ether oxygens (including phenoxy) is 1. The normalized spacial score (nSPS) is 10.3. The van der Waals surface area contributed by atoms with Crippen LogP contribution in [-0.2, 0) is 9.53 Å². The predicted octanol–water partition coefficient (Wildman–Crippen LogP) is 3.43. The zero-order valence-electron chi connectivity index (χ0n) is 13.9. The molecule has 0 atom stereocenters. The van der Waals surface area contributed by atoms with Crippen molar-refractivity contribution in [3.8, 4) is 11.1 Å².